The van der Waals surface area contributed by atoms with Gasteiger partial charge < -0.3 is 0 Å². The summed E-state index contributed by atoms with van der Waals surface area (Å²) in [5, 5.41) is 5.64. The molecule has 0 aliphatic rings. The second-order valence-electron chi connectivity index (χ2n) is 4.26. The summed E-state index contributed by atoms with van der Waals surface area (Å²) in [6, 6.07) is 5.35. The molecule has 2 aromatic rings. The molecule has 0 fully saturated rings. The fraction of sp³-hybridized carbons (Fsp3) is 0.286. The minimum atomic E-state index is 0.592. The van der Waals surface area contributed by atoms with Crippen LogP contribution >= 0.6 is 23.2 Å². The zero-order chi connectivity index (χ0) is 14.0. The van der Waals surface area contributed by atoms with Gasteiger partial charge in [0.05, 0.1) is 16.4 Å². The Labute approximate surface area is 122 Å². The third-order valence-electron chi connectivity index (χ3n) is 2.94. The first-order valence-electron chi connectivity index (χ1n) is 6.06. The van der Waals surface area contributed by atoms with E-state index in [9.17, 15) is 0 Å². The number of benzene rings is 1. The van der Waals surface area contributed by atoms with Crippen molar-refractivity contribution in [1.82, 2.24) is 9.78 Å². The van der Waals surface area contributed by atoms with Gasteiger partial charge in [-0.05, 0) is 32.9 Å². The van der Waals surface area contributed by atoms with Crippen molar-refractivity contribution < 1.29 is 0 Å². The highest BCUT2D eigenvalue weighted by atomic mass is 35.5. The molecule has 0 spiro atoms. The largest absolute Gasteiger partial charge is 0.268 e. The highest BCUT2D eigenvalue weighted by Crippen LogP contribution is 2.24. The first kappa shape index (κ1) is 14.1. The van der Waals surface area contributed by atoms with Crippen molar-refractivity contribution >= 4 is 35.1 Å². The van der Waals surface area contributed by atoms with Crippen molar-refractivity contribution in [2.24, 2.45) is 4.99 Å². The van der Waals surface area contributed by atoms with Crippen molar-refractivity contribution in [3.63, 3.8) is 0 Å². The summed E-state index contributed by atoms with van der Waals surface area (Å²) in [7, 11) is 0. The van der Waals surface area contributed by atoms with Gasteiger partial charge in [0.2, 0.25) is 0 Å². The maximum Gasteiger partial charge on any atom is 0.107 e. The standard InChI is InChI=1S/C14H15Cl2N3/c1-4-19-10(3)14(9(2)18-19)17-8-11-5-6-12(15)7-13(11)16/h5-8H,4H2,1-3H3. The van der Waals surface area contributed by atoms with Crippen LogP contribution < -0.4 is 0 Å². The van der Waals surface area contributed by atoms with E-state index in [1.807, 2.05) is 24.6 Å². The summed E-state index contributed by atoms with van der Waals surface area (Å²) in [6.07, 6.45) is 1.75. The Hall–Kier alpha value is -1.32. The molecule has 1 heterocycles. The van der Waals surface area contributed by atoms with E-state index in [1.54, 1.807) is 18.3 Å². The van der Waals surface area contributed by atoms with E-state index in [0.717, 1.165) is 29.2 Å². The molecule has 0 bridgehead atoms. The number of aromatic nitrogens is 2. The highest BCUT2D eigenvalue weighted by molar-refractivity contribution is 6.36. The molecular weight excluding hydrogens is 281 g/mol. The molecule has 0 aliphatic heterocycles. The van der Waals surface area contributed by atoms with Gasteiger partial charge in [-0.25, -0.2) is 0 Å². The summed E-state index contributed by atoms with van der Waals surface area (Å²) in [5.74, 6) is 0. The molecule has 1 aromatic heterocycles. The second-order valence-corrected chi connectivity index (χ2v) is 5.10. The summed E-state index contributed by atoms with van der Waals surface area (Å²) < 4.78 is 1.94. The molecule has 0 unspecified atom stereocenters. The molecule has 0 amide bonds. The van der Waals surface area contributed by atoms with Gasteiger partial charge in [0, 0.05) is 23.3 Å². The molecule has 0 N–H and O–H groups in total. The molecule has 2 rings (SSSR count). The van der Waals surface area contributed by atoms with Crippen LogP contribution in [0.5, 0.6) is 0 Å². The van der Waals surface area contributed by atoms with Crippen LogP contribution in [0.3, 0.4) is 0 Å². The predicted octanol–water partition coefficient (Wildman–Crippen LogP) is 4.58. The van der Waals surface area contributed by atoms with Crippen LogP contribution in [-0.4, -0.2) is 16.0 Å². The summed E-state index contributed by atoms with van der Waals surface area (Å²) in [4.78, 5) is 4.50. The smallest absolute Gasteiger partial charge is 0.107 e. The quantitative estimate of drug-likeness (QED) is 0.763. The lowest BCUT2D eigenvalue weighted by atomic mass is 10.2. The molecule has 0 radical (unpaired) electrons. The van der Waals surface area contributed by atoms with E-state index in [-0.39, 0.29) is 0 Å². The molecule has 0 aliphatic carbocycles. The normalized spacial score (nSPS) is 11.4. The number of hydrogen-bond acceptors (Lipinski definition) is 2. The van der Waals surface area contributed by atoms with Crippen molar-refractivity contribution in [2.75, 3.05) is 0 Å². The van der Waals surface area contributed by atoms with Gasteiger partial charge in [-0.2, -0.15) is 5.10 Å². The molecule has 0 saturated heterocycles. The van der Waals surface area contributed by atoms with E-state index in [4.69, 9.17) is 23.2 Å². The average Bonchev–Trinajstić information content (AvgIpc) is 2.64. The van der Waals surface area contributed by atoms with E-state index < -0.39 is 0 Å². The Kier molecular flexibility index (Phi) is 4.27. The minimum absolute atomic E-state index is 0.592. The number of aliphatic imine (C=N–C) groups is 1. The molecular formula is C14H15Cl2N3. The van der Waals surface area contributed by atoms with E-state index in [1.165, 1.54) is 0 Å². The van der Waals surface area contributed by atoms with Gasteiger partial charge in [0.25, 0.3) is 0 Å². The van der Waals surface area contributed by atoms with Gasteiger partial charge in [0.1, 0.15) is 5.69 Å². The van der Waals surface area contributed by atoms with Crippen LogP contribution in [-0.2, 0) is 6.54 Å². The van der Waals surface area contributed by atoms with Crippen molar-refractivity contribution in [3.05, 3.63) is 45.2 Å². The Balaban J connectivity index is 2.35. The highest BCUT2D eigenvalue weighted by Gasteiger charge is 2.09. The van der Waals surface area contributed by atoms with Crippen LogP contribution in [0.1, 0.15) is 23.9 Å². The van der Waals surface area contributed by atoms with Crippen molar-refractivity contribution in [2.45, 2.75) is 27.3 Å². The lowest BCUT2D eigenvalue weighted by Crippen LogP contribution is -1.98. The molecule has 100 valence electrons. The SMILES string of the molecule is CCn1nc(C)c(N=Cc2ccc(Cl)cc2Cl)c1C. The second kappa shape index (κ2) is 5.76. The number of hydrogen-bond donors (Lipinski definition) is 0. The Morgan fingerprint density at radius 3 is 2.63 bits per heavy atom. The average molecular weight is 296 g/mol. The number of nitrogens with zero attached hydrogens (tertiary/aromatic N) is 3. The third kappa shape index (κ3) is 2.99. The van der Waals surface area contributed by atoms with Gasteiger partial charge in [0.15, 0.2) is 0 Å². The monoisotopic (exact) mass is 295 g/mol. The van der Waals surface area contributed by atoms with Gasteiger partial charge in [-0.15, -0.1) is 0 Å². The Morgan fingerprint density at radius 1 is 1.32 bits per heavy atom. The molecule has 19 heavy (non-hydrogen) atoms. The Bertz CT molecular complexity index is 630. The maximum absolute atomic E-state index is 6.11. The molecule has 0 saturated carbocycles. The first-order chi connectivity index (χ1) is 9.02. The topological polar surface area (TPSA) is 30.2 Å². The third-order valence-corrected chi connectivity index (χ3v) is 3.50. The van der Waals surface area contributed by atoms with Crippen LogP contribution in [0.4, 0.5) is 5.69 Å². The fourth-order valence-corrected chi connectivity index (χ4v) is 2.38. The number of halogens is 2. The number of rotatable bonds is 3. The van der Waals surface area contributed by atoms with Crippen LogP contribution in [0.15, 0.2) is 23.2 Å². The molecule has 1 aromatic carbocycles. The summed E-state index contributed by atoms with van der Waals surface area (Å²) >= 11 is 12.0. The lowest BCUT2D eigenvalue weighted by molar-refractivity contribution is 0.634. The van der Waals surface area contributed by atoms with Gasteiger partial charge in [-0.1, -0.05) is 29.3 Å². The summed E-state index contributed by atoms with van der Waals surface area (Å²) in [5.41, 5.74) is 3.71. The lowest BCUT2D eigenvalue weighted by Gasteiger charge is -2.00. The van der Waals surface area contributed by atoms with Crippen LogP contribution in [0, 0.1) is 13.8 Å². The zero-order valence-electron chi connectivity index (χ0n) is 11.1. The zero-order valence-corrected chi connectivity index (χ0v) is 12.6. The van der Waals surface area contributed by atoms with Crippen molar-refractivity contribution in [1.29, 1.82) is 0 Å². The fourth-order valence-electron chi connectivity index (χ4n) is 1.92. The van der Waals surface area contributed by atoms with E-state index in [2.05, 4.69) is 17.0 Å². The van der Waals surface area contributed by atoms with E-state index in [0.29, 0.717) is 10.0 Å². The van der Waals surface area contributed by atoms with Crippen molar-refractivity contribution in [3.8, 4) is 0 Å². The maximum atomic E-state index is 6.11. The van der Waals surface area contributed by atoms with Crippen LogP contribution in [0.2, 0.25) is 10.0 Å². The van der Waals surface area contributed by atoms with E-state index >= 15 is 0 Å². The minimum Gasteiger partial charge on any atom is -0.268 e. The van der Waals surface area contributed by atoms with Crippen LogP contribution in [0.25, 0.3) is 0 Å². The van der Waals surface area contributed by atoms with Gasteiger partial charge in [-0.3, -0.25) is 9.67 Å². The number of aryl methyl sites for hydroxylation is 2. The Morgan fingerprint density at radius 2 is 2.05 bits per heavy atom. The molecule has 3 nitrogen and oxygen atoms in total. The molecule has 5 heteroatoms. The molecule has 0 atom stereocenters. The first-order valence-corrected chi connectivity index (χ1v) is 6.81. The van der Waals surface area contributed by atoms with Gasteiger partial charge >= 0.3 is 0 Å². The predicted molar refractivity (Wildman–Crippen MR) is 81.1 cm³/mol. The summed E-state index contributed by atoms with van der Waals surface area (Å²) in [6.45, 7) is 6.86.